The monoisotopic (exact) mass is 391 g/mol. The smallest absolute Gasteiger partial charge is 0.253 e. The second kappa shape index (κ2) is 7.99. The van der Waals surface area contributed by atoms with Gasteiger partial charge in [0.2, 0.25) is 0 Å². The lowest BCUT2D eigenvalue weighted by Gasteiger charge is -2.21. The van der Waals surface area contributed by atoms with Gasteiger partial charge < -0.3 is 19.4 Å². The van der Waals surface area contributed by atoms with Crippen molar-refractivity contribution in [3.05, 3.63) is 76.9 Å². The van der Waals surface area contributed by atoms with Crippen LogP contribution in [0, 0.1) is 13.8 Å². The second-order valence-electron chi connectivity index (χ2n) is 7.29. The maximum atomic E-state index is 13.0. The van der Waals surface area contributed by atoms with Gasteiger partial charge in [0.05, 0.1) is 23.8 Å². The Hall–Kier alpha value is -3.28. The maximum absolute atomic E-state index is 13.0. The third kappa shape index (κ3) is 3.97. The summed E-state index contributed by atoms with van der Waals surface area (Å²) < 4.78 is 13.3. The number of ether oxygens (including phenoxy) is 2. The lowest BCUT2D eigenvalue weighted by atomic mass is 10.1. The predicted octanol–water partition coefficient (Wildman–Crippen LogP) is 3.81. The van der Waals surface area contributed by atoms with Crippen molar-refractivity contribution in [2.45, 2.75) is 33.4 Å². The van der Waals surface area contributed by atoms with Gasteiger partial charge in [0.1, 0.15) is 13.2 Å². The van der Waals surface area contributed by atoms with Gasteiger partial charge in [-0.3, -0.25) is 9.78 Å². The Morgan fingerprint density at radius 1 is 1.14 bits per heavy atom. The molecular formula is C23H25N3O3. The highest BCUT2D eigenvalue weighted by Gasteiger charge is 2.20. The Bertz CT molecular complexity index is 1030. The van der Waals surface area contributed by atoms with Gasteiger partial charge in [-0.05, 0) is 56.7 Å². The van der Waals surface area contributed by atoms with E-state index in [1.54, 1.807) is 6.20 Å². The fourth-order valence-electron chi connectivity index (χ4n) is 3.61. The Balaban J connectivity index is 1.50. The Labute approximate surface area is 170 Å². The van der Waals surface area contributed by atoms with Crippen molar-refractivity contribution >= 4 is 5.91 Å². The number of aromatic nitrogens is 2. The zero-order chi connectivity index (χ0) is 20.4. The normalized spacial score (nSPS) is 13.8. The third-order valence-corrected chi connectivity index (χ3v) is 5.28. The fourth-order valence-corrected chi connectivity index (χ4v) is 3.61. The minimum Gasteiger partial charge on any atom is -0.486 e. The van der Waals surface area contributed by atoms with Crippen molar-refractivity contribution in [3.8, 4) is 11.5 Å². The van der Waals surface area contributed by atoms with Crippen LogP contribution in [0.3, 0.4) is 0 Å². The molecule has 0 saturated heterocycles. The first-order valence-corrected chi connectivity index (χ1v) is 9.80. The van der Waals surface area contributed by atoms with E-state index in [0.29, 0.717) is 25.3 Å². The summed E-state index contributed by atoms with van der Waals surface area (Å²) in [5.41, 5.74) is 4.59. The van der Waals surface area contributed by atoms with Crippen molar-refractivity contribution in [1.82, 2.24) is 14.9 Å². The Morgan fingerprint density at radius 3 is 2.69 bits per heavy atom. The van der Waals surface area contributed by atoms with E-state index in [-0.39, 0.29) is 11.9 Å². The quantitative estimate of drug-likeness (QED) is 0.718. The van der Waals surface area contributed by atoms with Gasteiger partial charge in [0.15, 0.2) is 11.5 Å². The second-order valence-corrected chi connectivity index (χ2v) is 7.29. The van der Waals surface area contributed by atoms with E-state index in [9.17, 15) is 4.79 Å². The molecule has 3 aromatic rings. The van der Waals surface area contributed by atoms with Crippen molar-refractivity contribution < 1.29 is 14.3 Å². The summed E-state index contributed by atoms with van der Waals surface area (Å²) in [6.07, 6.45) is 1.78. The van der Waals surface area contributed by atoms with Crippen LogP contribution in [0.2, 0.25) is 0 Å². The van der Waals surface area contributed by atoms with E-state index in [2.05, 4.69) is 14.9 Å². The largest absolute Gasteiger partial charge is 0.486 e. The van der Waals surface area contributed by atoms with Crippen LogP contribution in [0.25, 0.3) is 0 Å². The highest BCUT2D eigenvalue weighted by atomic mass is 16.6. The van der Waals surface area contributed by atoms with Gasteiger partial charge in [0.25, 0.3) is 5.91 Å². The molecule has 1 amide bonds. The highest BCUT2D eigenvalue weighted by Crippen LogP contribution is 2.32. The molecule has 0 saturated carbocycles. The maximum Gasteiger partial charge on any atom is 0.253 e. The molecule has 0 aliphatic carbocycles. The molecule has 0 spiro atoms. The van der Waals surface area contributed by atoms with Gasteiger partial charge in [-0.15, -0.1) is 0 Å². The number of hydrogen-bond donors (Lipinski definition) is 1. The van der Waals surface area contributed by atoms with E-state index in [1.165, 1.54) is 0 Å². The molecule has 1 aliphatic rings. The number of rotatable bonds is 5. The number of pyridine rings is 1. The van der Waals surface area contributed by atoms with Gasteiger partial charge in [-0.25, -0.2) is 0 Å². The van der Waals surface area contributed by atoms with Crippen LogP contribution in [0.5, 0.6) is 11.5 Å². The van der Waals surface area contributed by atoms with Gasteiger partial charge in [-0.1, -0.05) is 12.1 Å². The van der Waals surface area contributed by atoms with E-state index in [1.807, 2.05) is 63.2 Å². The highest BCUT2D eigenvalue weighted by molar-refractivity contribution is 5.96. The van der Waals surface area contributed by atoms with Crippen LogP contribution in [-0.4, -0.2) is 28.7 Å². The van der Waals surface area contributed by atoms with E-state index in [4.69, 9.17) is 9.47 Å². The number of amides is 1. The molecule has 0 radical (unpaired) electrons. The Kier molecular flexibility index (Phi) is 5.25. The summed E-state index contributed by atoms with van der Waals surface area (Å²) in [7, 11) is 0. The van der Waals surface area contributed by atoms with Gasteiger partial charge >= 0.3 is 0 Å². The molecule has 4 rings (SSSR count). The van der Waals surface area contributed by atoms with Crippen molar-refractivity contribution in [1.29, 1.82) is 0 Å². The van der Waals surface area contributed by atoms with Crippen molar-refractivity contribution in [3.63, 3.8) is 0 Å². The van der Waals surface area contributed by atoms with Crippen LogP contribution < -0.4 is 14.8 Å². The number of fused-ring (bicyclic) bond motifs is 1. The van der Waals surface area contributed by atoms with Crippen LogP contribution >= 0.6 is 0 Å². The topological polar surface area (TPSA) is 65.4 Å². The molecule has 2 aromatic heterocycles. The molecule has 1 aromatic carbocycles. The van der Waals surface area contributed by atoms with E-state index in [0.717, 1.165) is 34.1 Å². The number of hydrogen-bond acceptors (Lipinski definition) is 4. The summed E-state index contributed by atoms with van der Waals surface area (Å²) >= 11 is 0. The SMILES string of the molecule is Cc1cc(C(=O)NC(C)c2ccc3c(c2)OCCO3)c(C)n1Cc1ccccn1. The minimum absolute atomic E-state index is 0.0900. The van der Waals surface area contributed by atoms with Crippen LogP contribution in [0.15, 0.2) is 48.7 Å². The zero-order valence-corrected chi connectivity index (χ0v) is 16.9. The van der Waals surface area contributed by atoms with E-state index < -0.39 is 0 Å². The summed E-state index contributed by atoms with van der Waals surface area (Å²) in [5, 5.41) is 3.10. The summed E-state index contributed by atoms with van der Waals surface area (Å²) in [6.45, 7) is 7.70. The first-order valence-electron chi connectivity index (χ1n) is 9.80. The number of benzene rings is 1. The standard InChI is InChI=1S/C23H25N3O3/c1-15-12-20(17(3)26(15)14-19-6-4-5-9-24-19)23(27)25-16(2)18-7-8-21-22(13-18)29-11-10-28-21/h4-9,12-13,16H,10-11,14H2,1-3H3,(H,25,27). The number of nitrogens with zero attached hydrogens (tertiary/aromatic N) is 2. The van der Waals surface area contributed by atoms with Crippen molar-refractivity contribution in [2.75, 3.05) is 13.2 Å². The summed E-state index contributed by atoms with van der Waals surface area (Å²) in [6, 6.07) is 13.4. The molecule has 29 heavy (non-hydrogen) atoms. The lowest BCUT2D eigenvalue weighted by molar-refractivity contribution is 0.0939. The molecule has 0 bridgehead atoms. The average molecular weight is 391 g/mol. The van der Waals surface area contributed by atoms with Gasteiger partial charge in [-0.2, -0.15) is 0 Å². The molecular weight excluding hydrogens is 366 g/mol. The predicted molar refractivity (Wildman–Crippen MR) is 111 cm³/mol. The van der Waals surface area contributed by atoms with Crippen LogP contribution in [-0.2, 0) is 6.54 Å². The number of aryl methyl sites for hydroxylation is 1. The molecule has 1 unspecified atom stereocenters. The summed E-state index contributed by atoms with van der Waals surface area (Å²) in [4.78, 5) is 17.4. The number of carbonyl (C=O) groups excluding carboxylic acids is 1. The first-order chi connectivity index (χ1) is 14.0. The zero-order valence-electron chi connectivity index (χ0n) is 16.9. The average Bonchev–Trinajstić information content (AvgIpc) is 3.02. The third-order valence-electron chi connectivity index (χ3n) is 5.28. The number of carbonyl (C=O) groups is 1. The first kappa shape index (κ1) is 19.1. The summed E-state index contributed by atoms with van der Waals surface area (Å²) in [5.74, 6) is 1.38. The Morgan fingerprint density at radius 2 is 1.93 bits per heavy atom. The molecule has 3 heterocycles. The fraction of sp³-hybridized carbons (Fsp3) is 0.304. The minimum atomic E-state index is -0.155. The van der Waals surface area contributed by atoms with Crippen LogP contribution in [0.4, 0.5) is 0 Å². The molecule has 1 atom stereocenters. The van der Waals surface area contributed by atoms with Crippen molar-refractivity contribution in [2.24, 2.45) is 0 Å². The van der Waals surface area contributed by atoms with E-state index >= 15 is 0 Å². The molecule has 1 aliphatic heterocycles. The number of nitrogens with one attached hydrogen (secondary N) is 1. The molecule has 6 nitrogen and oxygen atoms in total. The lowest BCUT2D eigenvalue weighted by Crippen LogP contribution is -2.27. The molecule has 0 fully saturated rings. The molecule has 6 heteroatoms. The molecule has 150 valence electrons. The van der Waals surface area contributed by atoms with Crippen LogP contribution in [0.1, 0.15) is 46.0 Å². The molecule has 1 N–H and O–H groups in total. The van der Waals surface area contributed by atoms with Gasteiger partial charge in [0, 0.05) is 17.6 Å².